The number of para-hydroxylation sites is 1. The van der Waals surface area contributed by atoms with Crippen LogP contribution in [-0.2, 0) is 11.2 Å². The van der Waals surface area contributed by atoms with Gasteiger partial charge in [0.05, 0.1) is 11.9 Å². The maximum atomic E-state index is 13.8. The zero-order chi connectivity index (χ0) is 17.1. The Hall–Kier alpha value is -1.93. The van der Waals surface area contributed by atoms with Crippen LogP contribution in [-0.4, -0.2) is 33.4 Å². The highest BCUT2D eigenvalue weighted by atomic mass is 32.2. The number of benzene rings is 1. The summed E-state index contributed by atoms with van der Waals surface area (Å²) in [6.07, 6.45) is 0.234. The van der Waals surface area contributed by atoms with Crippen molar-refractivity contribution in [2.24, 2.45) is 0 Å². The number of aromatic nitrogens is 3. The fourth-order valence-corrected chi connectivity index (χ4v) is 4.22. The molecule has 0 aliphatic heterocycles. The number of thioether (sulfide) groups is 1. The number of aryl methyl sites for hydroxylation is 2. The minimum absolute atomic E-state index is 0.0719. The molecular weight excluding hydrogens is 347 g/mol. The molecule has 3 rings (SSSR count). The van der Waals surface area contributed by atoms with E-state index < -0.39 is 0 Å². The molecule has 0 fully saturated rings. The van der Waals surface area contributed by atoms with E-state index in [-0.39, 0.29) is 18.1 Å². The molecule has 1 amide bonds. The normalized spacial score (nSPS) is 11.1. The summed E-state index contributed by atoms with van der Waals surface area (Å²) in [7, 11) is 0. The molecule has 0 spiro atoms. The first kappa shape index (κ1) is 16.9. The lowest BCUT2D eigenvalue weighted by molar-refractivity contribution is -0.120. The fraction of sp³-hybridized carbons (Fsp3) is 0.312. The van der Waals surface area contributed by atoms with E-state index >= 15 is 0 Å². The van der Waals surface area contributed by atoms with Crippen molar-refractivity contribution in [3.8, 4) is 0 Å². The molecule has 8 heteroatoms. The first-order valence-electron chi connectivity index (χ1n) is 7.50. The van der Waals surface area contributed by atoms with Crippen molar-refractivity contribution >= 4 is 39.9 Å². The van der Waals surface area contributed by atoms with Crippen molar-refractivity contribution in [3.05, 3.63) is 40.3 Å². The summed E-state index contributed by atoms with van der Waals surface area (Å²) < 4.78 is 14.7. The molecule has 0 radical (unpaired) electrons. The van der Waals surface area contributed by atoms with Crippen LogP contribution in [0.2, 0.25) is 0 Å². The maximum Gasteiger partial charge on any atom is 0.224 e. The smallest absolute Gasteiger partial charge is 0.224 e. The first-order chi connectivity index (χ1) is 11.5. The zero-order valence-corrected chi connectivity index (χ0v) is 15.0. The van der Waals surface area contributed by atoms with E-state index in [0.29, 0.717) is 12.1 Å². The Balaban J connectivity index is 1.55. The maximum absolute atomic E-state index is 13.8. The number of H-pyrrole nitrogens is 1. The Morgan fingerprint density at radius 1 is 1.38 bits per heavy atom. The van der Waals surface area contributed by atoms with E-state index in [1.165, 1.54) is 6.07 Å². The van der Waals surface area contributed by atoms with Gasteiger partial charge in [-0.1, -0.05) is 35.2 Å². The summed E-state index contributed by atoms with van der Waals surface area (Å²) in [5, 5.41) is 12.6. The lowest BCUT2D eigenvalue weighted by Crippen LogP contribution is -2.27. The molecule has 3 aromatic rings. The van der Waals surface area contributed by atoms with Crippen LogP contribution < -0.4 is 5.32 Å². The van der Waals surface area contributed by atoms with Crippen LogP contribution in [0.15, 0.2) is 22.5 Å². The van der Waals surface area contributed by atoms with Crippen LogP contribution in [0.4, 0.5) is 4.39 Å². The minimum Gasteiger partial charge on any atom is -0.356 e. The lowest BCUT2D eigenvalue weighted by Gasteiger charge is -2.05. The minimum atomic E-state index is -0.300. The average molecular weight is 364 g/mol. The molecule has 0 atom stereocenters. The van der Waals surface area contributed by atoms with Gasteiger partial charge in [0.2, 0.25) is 5.91 Å². The van der Waals surface area contributed by atoms with E-state index in [0.717, 1.165) is 31.7 Å². The number of fused-ring (bicyclic) bond motifs is 1. The third-order valence-corrected chi connectivity index (χ3v) is 5.57. The van der Waals surface area contributed by atoms with Gasteiger partial charge in [-0.05, 0) is 25.5 Å². The van der Waals surface area contributed by atoms with Gasteiger partial charge in [0.15, 0.2) is 4.34 Å². The van der Waals surface area contributed by atoms with Crippen LogP contribution in [0.25, 0.3) is 10.9 Å². The molecule has 1 aromatic carbocycles. The molecule has 2 heterocycles. The molecule has 0 aliphatic carbocycles. The number of hydrogen-bond acceptors (Lipinski definition) is 5. The van der Waals surface area contributed by atoms with Crippen LogP contribution in [0.5, 0.6) is 0 Å². The van der Waals surface area contributed by atoms with E-state index in [9.17, 15) is 9.18 Å². The molecular formula is C16H17FN4OS2. The molecule has 24 heavy (non-hydrogen) atoms. The van der Waals surface area contributed by atoms with Gasteiger partial charge < -0.3 is 10.3 Å². The van der Waals surface area contributed by atoms with Gasteiger partial charge in [-0.15, -0.1) is 10.2 Å². The standard InChI is InChI=1S/C16H17FN4OS2/c1-9-12(11-4-3-5-13(17)15(11)19-9)8-14(22)18-6-7-23-16-21-20-10(2)24-16/h3-5,19H,6-8H2,1-2H3,(H,18,22). The molecule has 0 saturated heterocycles. The van der Waals surface area contributed by atoms with Gasteiger partial charge in [-0.3, -0.25) is 4.79 Å². The number of carbonyl (C=O) groups excluding carboxylic acids is 1. The molecule has 0 bridgehead atoms. The summed E-state index contributed by atoms with van der Waals surface area (Å²) in [6.45, 7) is 4.32. The second-order valence-electron chi connectivity index (χ2n) is 5.35. The Morgan fingerprint density at radius 2 is 2.21 bits per heavy atom. The number of aromatic amines is 1. The predicted octanol–water partition coefficient (Wildman–Crippen LogP) is 3.23. The van der Waals surface area contributed by atoms with E-state index in [1.54, 1.807) is 29.2 Å². The van der Waals surface area contributed by atoms with Crippen LogP contribution in [0.1, 0.15) is 16.3 Å². The summed E-state index contributed by atoms with van der Waals surface area (Å²) >= 11 is 3.12. The van der Waals surface area contributed by atoms with Crippen LogP contribution in [0.3, 0.4) is 0 Å². The number of nitrogens with zero attached hydrogens (tertiary/aromatic N) is 2. The summed E-state index contributed by atoms with van der Waals surface area (Å²) in [6, 6.07) is 4.90. The van der Waals surface area contributed by atoms with E-state index in [4.69, 9.17) is 0 Å². The number of carbonyl (C=O) groups is 1. The molecule has 2 aromatic heterocycles. The number of halogens is 1. The summed E-state index contributed by atoms with van der Waals surface area (Å²) in [5.74, 6) is 0.366. The third kappa shape index (κ3) is 3.76. The van der Waals surface area contributed by atoms with Crippen molar-refractivity contribution in [2.75, 3.05) is 12.3 Å². The Kier molecular flexibility index (Phi) is 5.15. The Morgan fingerprint density at radius 3 is 2.96 bits per heavy atom. The SMILES string of the molecule is Cc1nnc(SCCNC(=O)Cc2c(C)[nH]c3c(F)cccc23)s1. The number of rotatable bonds is 6. The molecule has 0 aliphatic rings. The van der Waals surface area contributed by atoms with Crippen LogP contribution in [0, 0.1) is 19.7 Å². The van der Waals surface area contributed by atoms with Gasteiger partial charge in [-0.25, -0.2) is 4.39 Å². The Labute approximate surface area is 147 Å². The fourth-order valence-electron chi connectivity index (χ4n) is 2.48. The predicted molar refractivity (Wildman–Crippen MR) is 95.1 cm³/mol. The van der Waals surface area contributed by atoms with Crippen molar-refractivity contribution in [1.82, 2.24) is 20.5 Å². The van der Waals surface area contributed by atoms with Gasteiger partial charge in [0, 0.05) is 23.4 Å². The van der Waals surface area contributed by atoms with Crippen molar-refractivity contribution in [2.45, 2.75) is 24.6 Å². The zero-order valence-electron chi connectivity index (χ0n) is 13.4. The van der Waals surface area contributed by atoms with Gasteiger partial charge >= 0.3 is 0 Å². The number of amides is 1. The van der Waals surface area contributed by atoms with E-state index in [2.05, 4.69) is 20.5 Å². The van der Waals surface area contributed by atoms with Crippen molar-refractivity contribution in [3.63, 3.8) is 0 Å². The quantitative estimate of drug-likeness (QED) is 0.520. The average Bonchev–Trinajstić information content (AvgIpc) is 3.09. The highest BCUT2D eigenvalue weighted by Gasteiger charge is 2.14. The number of nitrogens with one attached hydrogen (secondary N) is 2. The highest BCUT2D eigenvalue weighted by molar-refractivity contribution is 8.01. The summed E-state index contributed by atoms with van der Waals surface area (Å²) in [4.78, 5) is 15.2. The van der Waals surface area contributed by atoms with Gasteiger partial charge in [0.25, 0.3) is 0 Å². The van der Waals surface area contributed by atoms with Crippen molar-refractivity contribution < 1.29 is 9.18 Å². The lowest BCUT2D eigenvalue weighted by atomic mass is 10.1. The molecule has 0 saturated carbocycles. The van der Waals surface area contributed by atoms with E-state index in [1.807, 2.05) is 19.9 Å². The Bertz CT molecular complexity index is 874. The second-order valence-corrected chi connectivity index (χ2v) is 7.88. The molecule has 2 N–H and O–H groups in total. The first-order valence-corrected chi connectivity index (χ1v) is 9.30. The third-order valence-electron chi connectivity index (χ3n) is 3.60. The van der Waals surface area contributed by atoms with Crippen molar-refractivity contribution in [1.29, 1.82) is 0 Å². The summed E-state index contributed by atoms with van der Waals surface area (Å²) in [5.41, 5.74) is 2.12. The van der Waals surface area contributed by atoms with Gasteiger partial charge in [0.1, 0.15) is 10.8 Å². The number of hydrogen-bond donors (Lipinski definition) is 2. The monoisotopic (exact) mass is 364 g/mol. The molecule has 0 unspecified atom stereocenters. The van der Waals surface area contributed by atoms with Crippen LogP contribution >= 0.6 is 23.1 Å². The largest absolute Gasteiger partial charge is 0.356 e. The highest BCUT2D eigenvalue weighted by Crippen LogP contribution is 2.24. The molecule has 5 nitrogen and oxygen atoms in total. The van der Waals surface area contributed by atoms with Gasteiger partial charge in [-0.2, -0.15) is 0 Å². The topological polar surface area (TPSA) is 70.7 Å². The molecule has 126 valence electrons. The second kappa shape index (κ2) is 7.31.